The van der Waals surface area contributed by atoms with Crippen LogP contribution in [0.5, 0.6) is 0 Å². The molecule has 4 heteroatoms. The first-order valence-corrected chi connectivity index (χ1v) is 7.53. The molecule has 0 amide bonds. The molecule has 1 heterocycles. The van der Waals surface area contributed by atoms with Gasteiger partial charge in [-0.2, -0.15) is 13.2 Å². The second kappa shape index (κ2) is 5.64. The Morgan fingerprint density at radius 1 is 1.00 bits per heavy atom. The molecule has 1 fully saturated rings. The van der Waals surface area contributed by atoms with Crippen LogP contribution in [-0.4, -0.2) is 23.0 Å². The lowest BCUT2D eigenvalue weighted by atomic mass is 9.85. The minimum atomic E-state index is -4.25. The highest BCUT2D eigenvalue weighted by Gasteiger charge is 2.34. The van der Waals surface area contributed by atoms with Gasteiger partial charge in [0, 0.05) is 18.1 Å². The van der Waals surface area contributed by atoms with Gasteiger partial charge in [0.15, 0.2) is 0 Å². The second-order valence-electron chi connectivity index (χ2n) is 7.07. The lowest BCUT2D eigenvalue weighted by molar-refractivity contribution is -0.137. The van der Waals surface area contributed by atoms with Gasteiger partial charge in [0.25, 0.3) is 0 Å². The first-order chi connectivity index (χ1) is 9.59. The number of hydrogen-bond donors (Lipinski definition) is 0. The van der Waals surface area contributed by atoms with Gasteiger partial charge in [-0.25, -0.2) is 0 Å². The Morgan fingerprint density at radius 3 is 2.05 bits per heavy atom. The molecule has 0 bridgehead atoms. The summed E-state index contributed by atoms with van der Waals surface area (Å²) in [5.74, 6) is 0.322. The summed E-state index contributed by atoms with van der Waals surface area (Å²) in [6.07, 6.45) is -2.13. The van der Waals surface area contributed by atoms with Gasteiger partial charge in [-0.3, -0.25) is 4.90 Å². The van der Waals surface area contributed by atoms with E-state index in [0.717, 1.165) is 24.9 Å². The third kappa shape index (κ3) is 3.79. The van der Waals surface area contributed by atoms with Crippen molar-refractivity contribution in [3.63, 3.8) is 0 Å². The molecule has 0 aliphatic carbocycles. The Hall–Kier alpha value is -1.03. The zero-order valence-corrected chi connectivity index (χ0v) is 13.2. The fraction of sp³-hybridized carbons (Fsp3) is 0.647. The van der Waals surface area contributed by atoms with Crippen LogP contribution in [0, 0.1) is 0 Å². The average molecular weight is 299 g/mol. The minimum absolute atomic E-state index is 0.0873. The molecule has 0 radical (unpaired) electrons. The van der Waals surface area contributed by atoms with Crippen molar-refractivity contribution in [2.24, 2.45) is 0 Å². The van der Waals surface area contributed by atoms with Crippen LogP contribution < -0.4 is 0 Å². The molecular formula is C17H24F3N. The summed E-state index contributed by atoms with van der Waals surface area (Å²) >= 11 is 0. The lowest BCUT2D eigenvalue weighted by Crippen LogP contribution is -2.51. The number of nitrogens with zero attached hydrogens (tertiary/aromatic N) is 1. The van der Waals surface area contributed by atoms with Crippen LogP contribution in [0.4, 0.5) is 13.2 Å². The fourth-order valence-corrected chi connectivity index (χ4v) is 3.26. The quantitative estimate of drug-likeness (QED) is 0.699. The van der Waals surface area contributed by atoms with Gasteiger partial charge in [0.05, 0.1) is 5.56 Å². The molecule has 2 atom stereocenters. The Kier molecular flexibility index (Phi) is 4.39. The van der Waals surface area contributed by atoms with Crippen LogP contribution in [0.1, 0.15) is 57.6 Å². The van der Waals surface area contributed by atoms with Crippen molar-refractivity contribution in [1.29, 1.82) is 0 Å². The van der Waals surface area contributed by atoms with Crippen molar-refractivity contribution in [3.8, 4) is 0 Å². The highest BCUT2D eigenvalue weighted by Crippen LogP contribution is 2.35. The van der Waals surface area contributed by atoms with E-state index >= 15 is 0 Å². The molecule has 1 aromatic carbocycles. The van der Waals surface area contributed by atoms with Crippen molar-refractivity contribution >= 4 is 0 Å². The molecule has 1 aromatic rings. The highest BCUT2D eigenvalue weighted by molar-refractivity contribution is 5.28. The van der Waals surface area contributed by atoms with E-state index in [4.69, 9.17) is 0 Å². The molecule has 1 unspecified atom stereocenters. The molecule has 118 valence electrons. The van der Waals surface area contributed by atoms with E-state index in [1.807, 2.05) is 0 Å². The van der Waals surface area contributed by atoms with E-state index in [9.17, 15) is 13.2 Å². The van der Waals surface area contributed by atoms with Gasteiger partial charge in [-0.15, -0.1) is 0 Å². The van der Waals surface area contributed by atoms with E-state index in [2.05, 4.69) is 32.6 Å². The average Bonchev–Trinajstić information content (AvgIpc) is 2.37. The normalized spacial score (nSPS) is 25.1. The first kappa shape index (κ1) is 16.3. The van der Waals surface area contributed by atoms with Gasteiger partial charge >= 0.3 is 6.18 Å². The maximum Gasteiger partial charge on any atom is 0.416 e. The van der Waals surface area contributed by atoms with Gasteiger partial charge in [0.1, 0.15) is 0 Å². The Labute approximate surface area is 125 Å². The smallest absolute Gasteiger partial charge is 0.295 e. The number of halogens is 3. The largest absolute Gasteiger partial charge is 0.416 e. The lowest BCUT2D eigenvalue weighted by Gasteiger charge is -2.46. The highest BCUT2D eigenvalue weighted by atomic mass is 19.4. The van der Waals surface area contributed by atoms with Crippen LogP contribution in [0.2, 0.25) is 0 Å². The summed E-state index contributed by atoms with van der Waals surface area (Å²) < 4.78 is 37.9. The summed E-state index contributed by atoms with van der Waals surface area (Å²) in [4.78, 5) is 2.46. The van der Waals surface area contributed by atoms with E-state index in [1.165, 1.54) is 12.1 Å². The molecule has 21 heavy (non-hydrogen) atoms. The van der Waals surface area contributed by atoms with Crippen LogP contribution in [-0.2, 0) is 6.18 Å². The number of benzene rings is 1. The SMILES string of the molecule is C[C@H]1CCC(c2ccc(C(F)(F)F)cc2)CN1C(C)(C)C. The summed E-state index contributed by atoms with van der Waals surface area (Å²) in [5, 5.41) is 0. The van der Waals surface area contributed by atoms with Crippen LogP contribution in [0.3, 0.4) is 0 Å². The van der Waals surface area contributed by atoms with Crippen LogP contribution >= 0.6 is 0 Å². The molecule has 0 aromatic heterocycles. The predicted octanol–water partition coefficient (Wildman–Crippen LogP) is 5.07. The summed E-state index contributed by atoms with van der Waals surface area (Å²) in [6.45, 7) is 9.72. The number of likely N-dealkylation sites (tertiary alicyclic amines) is 1. The van der Waals surface area contributed by atoms with Gasteiger partial charge < -0.3 is 0 Å². The summed E-state index contributed by atoms with van der Waals surface area (Å²) in [7, 11) is 0. The van der Waals surface area contributed by atoms with Gasteiger partial charge in [0.2, 0.25) is 0 Å². The van der Waals surface area contributed by atoms with E-state index in [1.54, 1.807) is 12.1 Å². The van der Waals surface area contributed by atoms with Crippen molar-refractivity contribution in [2.45, 2.75) is 64.2 Å². The van der Waals surface area contributed by atoms with E-state index in [0.29, 0.717) is 12.0 Å². The predicted molar refractivity (Wildman–Crippen MR) is 79.3 cm³/mol. The molecular weight excluding hydrogens is 275 g/mol. The standard InChI is InChI=1S/C17H24F3N/c1-12-5-6-14(11-21(12)16(2,3)4)13-7-9-15(10-8-13)17(18,19)20/h7-10,12,14H,5-6,11H2,1-4H3/t12-,14?/m0/s1. The van der Waals surface area contributed by atoms with Crippen LogP contribution in [0.25, 0.3) is 0 Å². The second-order valence-corrected chi connectivity index (χ2v) is 7.07. The number of rotatable bonds is 1. The van der Waals surface area contributed by atoms with Crippen molar-refractivity contribution in [2.75, 3.05) is 6.54 Å². The molecule has 2 rings (SSSR count). The van der Waals surface area contributed by atoms with Crippen molar-refractivity contribution in [3.05, 3.63) is 35.4 Å². The van der Waals surface area contributed by atoms with Crippen LogP contribution in [0.15, 0.2) is 24.3 Å². The molecule has 0 spiro atoms. The fourth-order valence-electron chi connectivity index (χ4n) is 3.26. The molecule has 1 nitrogen and oxygen atoms in total. The van der Waals surface area contributed by atoms with E-state index < -0.39 is 11.7 Å². The Morgan fingerprint density at radius 2 is 1.57 bits per heavy atom. The van der Waals surface area contributed by atoms with Crippen molar-refractivity contribution < 1.29 is 13.2 Å². The molecule has 0 N–H and O–H groups in total. The van der Waals surface area contributed by atoms with Gasteiger partial charge in [-0.1, -0.05) is 12.1 Å². The molecule has 1 saturated heterocycles. The third-order valence-corrected chi connectivity index (χ3v) is 4.45. The third-order valence-electron chi connectivity index (χ3n) is 4.45. The molecule has 1 aliphatic heterocycles. The van der Waals surface area contributed by atoms with Crippen molar-refractivity contribution in [1.82, 2.24) is 4.90 Å². The Bertz CT molecular complexity index is 470. The number of piperidine rings is 1. The zero-order chi connectivity index (χ0) is 15.8. The maximum absolute atomic E-state index is 12.6. The topological polar surface area (TPSA) is 3.24 Å². The van der Waals surface area contributed by atoms with E-state index in [-0.39, 0.29) is 5.54 Å². The maximum atomic E-state index is 12.6. The molecule has 0 saturated carbocycles. The van der Waals surface area contributed by atoms with Gasteiger partial charge in [-0.05, 0) is 64.2 Å². The Balaban J connectivity index is 2.15. The number of alkyl halides is 3. The summed E-state index contributed by atoms with van der Waals surface area (Å²) in [6, 6.07) is 6.22. The number of hydrogen-bond acceptors (Lipinski definition) is 1. The minimum Gasteiger partial charge on any atom is -0.295 e. The first-order valence-electron chi connectivity index (χ1n) is 7.53. The summed E-state index contributed by atoms with van der Waals surface area (Å²) in [5.41, 5.74) is 0.538. The zero-order valence-electron chi connectivity index (χ0n) is 13.2. The molecule has 1 aliphatic rings. The monoisotopic (exact) mass is 299 g/mol.